The molecule has 108 valence electrons. The van der Waals surface area contributed by atoms with Gasteiger partial charge in [0.05, 0.1) is 29.1 Å². The molecule has 0 bridgehead atoms. The molecular formula is C15H11F3N2O. The first-order chi connectivity index (χ1) is 9.91. The van der Waals surface area contributed by atoms with Gasteiger partial charge in [-0.2, -0.15) is 13.2 Å². The second kappa shape index (κ2) is 4.58. The van der Waals surface area contributed by atoms with Crippen molar-refractivity contribution in [1.82, 2.24) is 9.97 Å². The Labute approximate surface area is 118 Å². The van der Waals surface area contributed by atoms with Gasteiger partial charge in [0.1, 0.15) is 0 Å². The van der Waals surface area contributed by atoms with Gasteiger partial charge >= 0.3 is 6.18 Å². The first-order valence-electron chi connectivity index (χ1n) is 6.23. The van der Waals surface area contributed by atoms with E-state index in [9.17, 15) is 13.2 Å². The zero-order valence-electron chi connectivity index (χ0n) is 11.3. The fourth-order valence-electron chi connectivity index (χ4n) is 2.39. The highest BCUT2D eigenvalue weighted by Crippen LogP contribution is 2.40. The summed E-state index contributed by atoms with van der Waals surface area (Å²) in [5.74, 6) is -0.0662. The summed E-state index contributed by atoms with van der Waals surface area (Å²) in [7, 11) is 1.30. The van der Waals surface area contributed by atoms with Crippen LogP contribution >= 0.6 is 0 Å². The zero-order valence-corrected chi connectivity index (χ0v) is 11.3. The number of benzene rings is 1. The molecule has 0 radical (unpaired) electrons. The van der Waals surface area contributed by atoms with Gasteiger partial charge in [-0.3, -0.25) is 4.98 Å². The Balaban J connectivity index is 2.59. The molecule has 3 rings (SSSR count). The normalized spacial score (nSPS) is 12.0. The van der Waals surface area contributed by atoms with Crippen molar-refractivity contribution in [3.63, 3.8) is 0 Å². The second-order valence-corrected chi connectivity index (χ2v) is 4.67. The monoisotopic (exact) mass is 292 g/mol. The molecule has 0 N–H and O–H groups in total. The van der Waals surface area contributed by atoms with Crippen LogP contribution in [0.3, 0.4) is 0 Å². The smallest absolute Gasteiger partial charge is 0.417 e. The van der Waals surface area contributed by atoms with Crippen molar-refractivity contribution >= 4 is 21.8 Å². The molecule has 0 aliphatic rings. The van der Waals surface area contributed by atoms with Crippen LogP contribution in [0.4, 0.5) is 13.2 Å². The molecule has 0 saturated carbocycles. The molecule has 0 aliphatic carbocycles. The van der Waals surface area contributed by atoms with Crippen LogP contribution in [0.15, 0.2) is 30.3 Å². The van der Waals surface area contributed by atoms with E-state index >= 15 is 0 Å². The van der Waals surface area contributed by atoms with E-state index in [0.717, 1.165) is 6.07 Å². The molecule has 0 saturated heterocycles. The van der Waals surface area contributed by atoms with Gasteiger partial charge in [-0.1, -0.05) is 18.2 Å². The molecule has 0 unspecified atom stereocenters. The van der Waals surface area contributed by atoms with E-state index in [1.807, 2.05) is 0 Å². The van der Waals surface area contributed by atoms with E-state index in [4.69, 9.17) is 4.74 Å². The van der Waals surface area contributed by atoms with Crippen molar-refractivity contribution in [2.24, 2.45) is 0 Å². The van der Waals surface area contributed by atoms with Crippen molar-refractivity contribution in [3.05, 3.63) is 41.6 Å². The molecule has 0 atom stereocenters. The van der Waals surface area contributed by atoms with E-state index in [1.54, 1.807) is 24.3 Å². The minimum atomic E-state index is -4.50. The summed E-state index contributed by atoms with van der Waals surface area (Å²) < 4.78 is 45.0. The summed E-state index contributed by atoms with van der Waals surface area (Å²) >= 11 is 0. The second-order valence-electron chi connectivity index (χ2n) is 4.67. The lowest BCUT2D eigenvalue weighted by atomic mass is 10.1. The Kier molecular flexibility index (Phi) is 2.97. The number of aryl methyl sites for hydroxylation is 1. The number of fused-ring (bicyclic) bond motifs is 3. The Morgan fingerprint density at radius 1 is 1.10 bits per heavy atom. The van der Waals surface area contributed by atoms with Crippen LogP contribution in [0.1, 0.15) is 11.3 Å². The number of pyridine rings is 2. The van der Waals surface area contributed by atoms with Crippen LogP contribution in [0, 0.1) is 6.92 Å². The topological polar surface area (TPSA) is 35.0 Å². The first-order valence-corrected chi connectivity index (χ1v) is 6.23. The molecule has 1 aromatic carbocycles. The van der Waals surface area contributed by atoms with Crippen molar-refractivity contribution < 1.29 is 17.9 Å². The minimum absolute atomic E-state index is 0.0662. The molecule has 3 nitrogen and oxygen atoms in total. The standard InChI is InChI=1S/C15H11F3N2O/c1-8-7-10(15(16,17)18)12-13(19-8)9-5-3-4-6-11(9)20-14(12)21-2/h3-7H,1-2H3. The Hall–Kier alpha value is -2.37. The zero-order chi connectivity index (χ0) is 15.2. The van der Waals surface area contributed by atoms with Gasteiger partial charge in [-0.05, 0) is 19.1 Å². The predicted molar refractivity (Wildman–Crippen MR) is 73.3 cm³/mol. The molecule has 3 aromatic rings. The summed E-state index contributed by atoms with van der Waals surface area (Å²) in [6.45, 7) is 1.54. The Morgan fingerprint density at radius 2 is 1.81 bits per heavy atom. The van der Waals surface area contributed by atoms with E-state index in [1.165, 1.54) is 14.0 Å². The van der Waals surface area contributed by atoms with Gasteiger partial charge in [0.25, 0.3) is 0 Å². The van der Waals surface area contributed by atoms with Gasteiger partial charge in [0.2, 0.25) is 5.88 Å². The largest absolute Gasteiger partial charge is 0.480 e. The number of methoxy groups -OCH3 is 1. The Bertz CT molecular complexity index is 844. The number of hydrogen-bond acceptors (Lipinski definition) is 3. The number of nitrogens with zero attached hydrogens (tertiary/aromatic N) is 2. The average molecular weight is 292 g/mol. The van der Waals surface area contributed by atoms with Gasteiger partial charge in [-0.25, -0.2) is 4.98 Å². The molecule has 6 heteroatoms. The van der Waals surface area contributed by atoms with Crippen molar-refractivity contribution in [3.8, 4) is 5.88 Å². The number of alkyl halides is 3. The van der Waals surface area contributed by atoms with Gasteiger partial charge in [-0.15, -0.1) is 0 Å². The average Bonchev–Trinajstić information content (AvgIpc) is 2.44. The van der Waals surface area contributed by atoms with Gasteiger partial charge < -0.3 is 4.74 Å². The molecule has 0 amide bonds. The summed E-state index contributed by atoms with van der Waals surface area (Å²) in [5.41, 5.74) is 0.325. The van der Waals surface area contributed by atoms with E-state index in [0.29, 0.717) is 16.6 Å². The highest BCUT2D eigenvalue weighted by Gasteiger charge is 2.35. The van der Waals surface area contributed by atoms with Gasteiger partial charge in [0, 0.05) is 11.1 Å². The fraction of sp³-hybridized carbons (Fsp3) is 0.200. The molecule has 2 heterocycles. The maximum Gasteiger partial charge on any atom is 0.417 e. The van der Waals surface area contributed by atoms with Crippen LogP contribution in [0.5, 0.6) is 5.88 Å². The van der Waals surface area contributed by atoms with Crippen LogP contribution in [-0.2, 0) is 6.18 Å². The summed E-state index contributed by atoms with van der Waals surface area (Å²) in [4.78, 5) is 8.43. The van der Waals surface area contributed by atoms with Crippen LogP contribution in [0.2, 0.25) is 0 Å². The number of rotatable bonds is 1. The molecule has 0 aliphatic heterocycles. The fourth-order valence-corrected chi connectivity index (χ4v) is 2.39. The van der Waals surface area contributed by atoms with Crippen LogP contribution < -0.4 is 4.74 Å². The molecule has 0 spiro atoms. The van der Waals surface area contributed by atoms with Crippen molar-refractivity contribution in [2.75, 3.05) is 7.11 Å². The van der Waals surface area contributed by atoms with Crippen molar-refractivity contribution in [1.29, 1.82) is 0 Å². The van der Waals surface area contributed by atoms with E-state index in [-0.39, 0.29) is 16.8 Å². The van der Waals surface area contributed by atoms with Crippen LogP contribution in [-0.4, -0.2) is 17.1 Å². The van der Waals surface area contributed by atoms with Gasteiger partial charge in [0.15, 0.2) is 0 Å². The predicted octanol–water partition coefficient (Wildman–Crippen LogP) is 4.12. The highest BCUT2D eigenvalue weighted by molar-refractivity contribution is 6.06. The third kappa shape index (κ3) is 2.16. The first kappa shape index (κ1) is 13.6. The van der Waals surface area contributed by atoms with E-state index < -0.39 is 11.7 Å². The van der Waals surface area contributed by atoms with Crippen LogP contribution in [0.25, 0.3) is 21.8 Å². The number of aromatic nitrogens is 2. The third-order valence-corrected chi connectivity index (χ3v) is 3.24. The minimum Gasteiger partial charge on any atom is -0.480 e. The molecular weight excluding hydrogens is 281 g/mol. The molecule has 21 heavy (non-hydrogen) atoms. The summed E-state index contributed by atoms with van der Waals surface area (Å²) in [6.07, 6.45) is -4.50. The summed E-state index contributed by atoms with van der Waals surface area (Å²) in [5, 5.41) is 0.469. The lowest BCUT2D eigenvalue weighted by Crippen LogP contribution is -2.09. The lowest BCUT2D eigenvalue weighted by Gasteiger charge is -2.15. The number of para-hydroxylation sites is 1. The Morgan fingerprint density at radius 3 is 2.48 bits per heavy atom. The molecule has 2 aromatic heterocycles. The number of hydrogen-bond donors (Lipinski definition) is 0. The van der Waals surface area contributed by atoms with E-state index in [2.05, 4.69) is 9.97 Å². The highest BCUT2D eigenvalue weighted by atomic mass is 19.4. The SMILES string of the molecule is COc1nc2ccccc2c2nc(C)cc(C(F)(F)F)c12. The number of halogens is 3. The maximum absolute atomic E-state index is 13.3. The van der Waals surface area contributed by atoms with Crippen molar-refractivity contribution in [2.45, 2.75) is 13.1 Å². The summed E-state index contributed by atoms with van der Waals surface area (Å²) in [6, 6.07) is 7.95. The third-order valence-electron chi connectivity index (χ3n) is 3.24. The maximum atomic E-state index is 13.3. The quantitative estimate of drug-likeness (QED) is 0.633. The number of ether oxygens (including phenoxy) is 1. The molecule has 0 fully saturated rings. The lowest BCUT2D eigenvalue weighted by molar-refractivity contribution is -0.136.